The van der Waals surface area contributed by atoms with Crippen molar-refractivity contribution in [1.29, 1.82) is 0 Å². The van der Waals surface area contributed by atoms with Gasteiger partial charge in [0.1, 0.15) is 5.70 Å². The molecule has 2 aliphatic heterocycles. The van der Waals surface area contributed by atoms with Gasteiger partial charge in [0.25, 0.3) is 0 Å². The summed E-state index contributed by atoms with van der Waals surface area (Å²) in [4.78, 5) is 7.85. The fourth-order valence-corrected chi connectivity index (χ4v) is 3.19. The van der Waals surface area contributed by atoms with Crippen LogP contribution in [0.3, 0.4) is 0 Å². The van der Waals surface area contributed by atoms with Gasteiger partial charge in [-0.3, -0.25) is 0 Å². The standard InChI is InChI=1S/C16H24N4O4.Cr.2H2O.2O/c1-21-15-10-19(5-7-23-15)12-3-4-14(13(9-12)18-17)20-6-8-24-16(11-20)22-2;;;;;/h4,9,15-16H,3,5-8,10-11H2,1-2H3;;2*1H2;;/q;+2;;;;/p-2. The molecule has 2 heterocycles. The molecule has 1 aliphatic carbocycles. The van der Waals surface area contributed by atoms with Gasteiger partial charge in [-0.15, -0.1) is 0 Å². The van der Waals surface area contributed by atoms with E-state index in [1.165, 1.54) is 0 Å². The van der Waals surface area contributed by atoms with Crippen molar-refractivity contribution in [1.82, 2.24) is 9.80 Å². The number of ether oxygens (including phenoxy) is 4. The molecule has 0 radical (unpaired) electrons. The fourth-order valence-electron chi connectivity index (χ4n) is 3.19. The van der Waals surface area contributed by atoms with Crippen LogP contribution in [0.25, 0.3) is 5.53 Å². The summed E-state index contributed by atoms with van der Waals surface area (Å²) in [5.74, 6) is 0. The van der Waals surface area contributed by atoms with Gasteiger partial charge in [-0.1, -0.05) is 0 Å². The Morgan fingerprint density at radius 1 is 1.10 bits per heavy atom. The first kappa shape index (κ1) is 23.6. The number of morpholine rings is 2. The molecule has 0 saturated carbocycles. The van der Waals surface area contributed by atoms with E-state index in [2.05, 4.69) is 20.7 Å². The Hall–Kier alpha value is -1.65. The second-order valence-corrected chi connectivity index (χ2v) is 7.73. The third-order valence-corrected chi connectivity index (χ3v) is 4.52. The molecule has 2 fully saturated rings. The van der Waals surface area contributed by atoms with E-state index in [1.54, 1.807) is 14.2 Å². The molecule has 0 aromatic heterocycles. The quantitative estimate of drug-likeness (QED) is 0.403. The van der Waals surface area contributed by atoms with Crippen LogP contribution < -0.4 is 0 Å². The monoisotopic (exact) mass is 454 g/mol. The summed E-state index contributed by atoms with van der Waals surface area (Å²) in [6, 6.07) is 0. The van der Waals surface area contributed by atoms with Gasteiger partial charge in [0.05, 0.1) is 26.3 Å². The minimum absolute atomic E-state index is 0.221. The van der Waals surface area contributed by atoms with Gasteiger partial charge in [-0.25, -0.2) is 0 Å². The van der Waals surface area contributed by atoms with E-state index < -0.39 is 13.6 Å². The van der Waals surface area contributed by atoms with Crippen molar-refractivity contribution in [3.05, 3.63) is 29.1 Å². The average molecular weight is 454 g/mol. The molecule has 13 heteroatoms. The van der Waals surface area contributed by atoms with Crippen molar-refractivity contribution in [2.75, 3.05) is 53.6 Å². The molecule has 0 bridgehead atoms. The van der Waals surface area contributed by atoms with Crippen LogP contribution in [-0.4, -0.2) is 94.8 Å². The predicted molar refractivity (Wildman–Crippen MR) is 91.9 cm³/mol. The van der Waals surface area contributed by atoms with Crippen LogP contribution >= 0.6 is 0 Å². The molecule has 2 saturated heterocycles. The van der Waals surface area contributed by atoms with E-state index in [0.717, 1.165) is 30.9 Å². The molecule has 2 unspecified atom stereocenters. The molecule has 12 nitrogen and oxygen atoms in total. The molecule has 2 N–H and O–H groups in total. The summed E-state index contributed by atoms with van der Waals surface area (Å²) in [5.41, 5.74) is 12.1. The number of nitrogens with zero attached hydrogens (tertiary/aromatic N) is 4. The van der Waals surface area contributed by atoms with Gasteiger partial charge >= 0.3 is 35.2 Å². The Morgan fingerprint density at radius 2 is 1.62 bits per heavy atom. The Morgan fingerprint density at radius 3 is 2.14 bits per heavy atom. The molecule has 0 aromatic rings. The molecule has 2 atom stereocenters. The summed E-state index contributed by atoms with van der Waals surface area (Å²) in [7, 11) is 3.28. The number of allylic oxidation sites excluding steroid dienone is 2. The van der Waals surface area contributed by atoms with Crippen LogP contribution in [0.2, 0.25) is 0 Å². The van der Waals surface area contributed by atoms with Crippen LogP contribution in [0, 0.1) is 0 Å². The van der Waals surface area contributed by atoms with Crippen LogP contribution in [0.4, 0.5) is 0 Å². The topological polar surface area (TPSA) is 154 Å². The van der Waals surface area contributed by atoms with Crippen LogP contribution in [0.1, 0.15) is 6.42 Å². The van der Waals surface area contributed by atoms with E-state index in [9.17, 15) is 5.53 Å². The zero-order valence-corrected chi connectivity index (χ0v) is 17.6. The number of rotatable bonds is 4. The van der Waals surface area contributed by atoms with Crippen molar-refractivity contribution in [3.8, 4) is 0 Å². The third-order valence-electron chi connectivity index (χ3n) is 4.52. The number of methoxy groups -OCH3 is 2. The van der Waals surface area contributed by atoms with Gasteiger partial charge < -0.3 is 34.3 Å². The maximum absolute atomic E-state index is 9.47. The molecular formula is C16H26CrN4O8. The molecule has 0 spiro atoms. The first-order chi connectivity index (χ1) is 13.7. The zero-order chi connectivity index (χ0) is 21.4. The van der Waals surface area contributed by atoms with E-state index in [4.69, 9.17) is 34.9 Å². The van der Waals surface area contributed by atoms with E-state index >= 15 is 0 Å². The normalized spacial score (nSPS) is 25.4. The Labute approximate surface area is 170 Å². The minimum atomic E-state index is -5.25. The average Bonchev–Trinajstić information content (AvgIpc) is 2.72. The van der Waals surface area contributed by atoms with Crippen molar-refractivity contribution in [2.24, 2.45) is 0 Å². The van der Waals surface area contributed by atoms with Gasteiger partial charge in [-0.2, -0.15) is 4.79 Å². The molecular weight excluding hydrogens is 428 g/mol. The third kappa shape index (κ3) is 7.60. The van der Waals surface area contributed by atoms with Gasteiger partial charge in [-0.05, 0) is 6.08 Å². The van der Waals surface area contributed by atoms with Gasteiger partial charge in [0.15, 0.2) is 12.6 Å². The first-order valence-corrected chi connectivity index (χ1v) is 11.0. The Kier molecular flexibility index (Phi) is 8.91. The van der Waals surface area contributed by atoms with Gasteiger partial charge in [0, 0.05) is 45.5 Å². The predicted octanol–water partition coefficient (Wildman–Crippen LogP) is -0.916. The van der Waals surface area contributed by atoms with Crippen LogP contribution in [0.5, 0.6) is 0 Å². The summed E-state index contributed by atoms with van der Waals surface area (Å²) >= 11 is -5.25. The maximum atomic E-state index is 9.47. The first-order valence-electron chi connectivity index (χ1n) is 8.87. The van der Waals surface area contributed by atoms with Crippen molar-refractivity contribution in [2.45, 2.75) is 19.0 Å². The van der Waals surface area contributed by atoms with Crippen molar-refractivity contribution >= 4 is 5.71 Å². The van der Waals surface area contributed by atoms with E-state index in [0.29, 0.717) is 32.0 Å². The Bertz CT molecular complexity index is 770. The molecule has 164 valence electrons. The summed E-state index contributed by atoms with van der Waals surface area (Å²) < 4.78 is 53.5. The Balaban J connectivity index is 0.000000537. The second kappa shape index (κ2) is 10.9. The molecule has 3 aliphatic rings. The fraction of sp³-hybridized carbons (Fsp3) is 0.688. The van der Waals surface area contributed by atoms with E-state index in [1.807, 2.05) is 6.08 Å². The van der Waals surface area contributed by atoms with Crippen LogP contribution in [0.15, 0.2) is 23.5 Å². The summed E-state index contributed by atoms with van der Waals surface area (Å²) in [6.07, 6.45) is 4.33. The SMILES string of the molecule is COC1CN(C2=CC(=[N+]=[N-])C(N3CCOC(OC)C3)=CC2)CCO1.[O]=[Cr](=[O])([OH])[OH]. The summed E-state index contributed by atoms with van der Waals surface area (Å²) in [6.45, 7) is 4.05. The zero-order valence-electron chi connectivity index (χ0n) is 16.3. The van der Waals surface area contributed by atoms with E-state index in [-0.39, 0.29) is 12.6 Å². The second-order valence-electron chi connectivity index (χ2n) is 6.33. The van der Waals surface area contributed by atoms with Crippen molar-refractivity contribution < 1.29 is 53.3 Å². The molecule has 3 rings (SSSR count). The molecule has 0 aromatic carbocycles. The van der Waals surface area contributed by atoms with Crippen LogP contribution in [-0.2, 0) is 40.2 Å². The summed E-state index contributed by atoms with van der Waals surface area (Å²) in [5, 5.41) is 0. The molecule has 29 heavy (non-hydrogen) atoms. The molecule has 0 amide bonds. The number of hydrogen-bond donors (Lipinski definition) is 2. The van der Waals surface area contributed by atoms with Crippen molar-refractivity contribution in [3.63, 3.8) is 0 Å². The number of hydrogen-bond acceptors (Lipinski definition) is 8. The van der Waals surface area contributed by atoms with Gasteiger partial charge in [0.2, 0.25) is 0 Å².